The third-order valence-corrected chi connectivity index (χ3v) is 4.42. The standard InChI is InChI=1S/2C10H20O2.Co/c2*1-4-5-6-7-8-10(2,3)9(11)12;/h2*4-8H2,1-3H3,(H,11,12);/q;;+2/p-2. The van der Waals surface area contributed by atoms with Gasteiger partial charge in [0.2, 0.25) is 0 Å². The van der Waals surface area contributed by atoms with E-state index in [1.54, 1.807) is 27.7 Å². The number of hydrogen-bond acceptors (Lipinski definition) is 4. The van der Waals surface area contributed by atoms with E-state index in [1.165, 1.54) is 25.7 Å². The van der Waals surface area contributed by atoms with Crippen molar-refractivity contribution >= 4 is 11.9 Å². The number of unbranched alkanes of at least 4 members (excludes halogenated alkanes) is 6. The van der Waals surface area contributed by atoms with Gasteiger partial charge in [0.1, 0.15) is 0 Å². The third kappa shape index (κ3) is 16.7. The van der Waals surface area contributed by atoms with E-state index in [4.69, 9.17) is 0 Å². The van der Waals surface area contributed by atoms with Crippen molar-refractivity contribution in [2.24, 2.45) is 10.8 Å². The number of aliphatic carboxylic acids is 2. The first-order valence-electron chi connectivity index (χ1n) is 9.44. The zero-order chi connectivity index (χ0) is 19.2. The molecule has 0 saturated heterocycles. The first-order chi connectivity index (χ1) is 11.0. The predicted octanol–water partition coefficient (Wildman–Crippen LogP) is 3.46. The Hall–Kier alpha value is -0.554. The molecule has 0 unspecified atom stereocenters. The Morgan fingerprint density at radius 2 is 0.920 bits per heavy atom. The quantitative estimate of drug-likeness (QED) is 0.469. The van der Waals surface area contributed by atoms with Crippen LogP contribution in [0.25, 0.3) is 0 Å². The van der Waals surface area contributed by atoms with Crippen LogP contribution >= 0.6 is 0 Å². The maximum atomic E-state index is 10.6. The number of carboxylic acids is 2. The maximum absolute atomic E-state index is 10.6. The predicted molar refractivity (Wildman–Crippen MR) is 95.1 cm³/mol. The molecule has 0 aromatic rings. The molecule has 0 saturated carbocycles. The van der Waals surface area contributed by atoms with Gasteiger partial charge in [0.05, 0.1) is 0 Å². The van der Waals surface area contributed by atoms with Crippen LogP contribution in [0.2, 0.25) is 0 Å². The smallest absolute Gasteiger partial charge is 0.550 e. The molecule has 151 valence electrons. The molecule has 0 amide bonds. The summed E-state index contributed by atoms with van der Waals surface area (Å²) in [6.45, 7) is 11.2. The van der Waals surface area contributed by atoms with Gasteiger partial charge in [-0.3, -0.25) is 0 Å². The molecule has 0 fully saturated rings. The van der Waals surface area contributed by atoms with E-state index >= 15 is 0 Å². The van der Waals surface area contributed by atoms with Crippen molar-refractivity contribution in [1.29, 1.82) is 0 Å². The van der Waals surface area contributed by atoms with Crippen molar-refractivity contribution in [1.82, 2.24) is 0 Å². The molecule has 0 heterocycles. The molecular weight excluding hydrogens is 363 g/mol. The number of hydrogen-bond donors (Lipinski definition) is 0. The van der Waals surface area contributed by atoms with Gasteiger partial charge in [-0.05, 0) is 12.8 Å². The van der Waals surface area contributed by atoms with Gasteiger partial charge in [0.15, 0.2) is 0 Å². The van der Waals surface area contributed by atoms with E-state index in [9.17, 15) is 19.8 Å². The van der Waals surface area contributed by atoms with Crippen molar-refractivity contribution < 1.29 is 36.6 Å². The number of rotatable bonds is 12. The summed E-state index contributed by atoms with van der Waals surface area (Å²) in [4.78, 5) is 21.1. The molecule has 0 rings (SSSR count). The van der Waals surface area contributed by atoms with Crippen LogP contribution in [-0.2, 0) is 26.4 Å². The summed E-state index contributed by atoms with van der Waals surface area (Å²) in [7, 11) is 0. The molecule has 0 atom stereocenters. The Morgan fingerprint density at radius 1 is 0.640 bits per heavy atom. The van der Waals surface area contributed by atoms with Crippen LogP contribution in [0, 0.1) is 10.8 Å². The molecule has 25 heavy (non-hydrogen) atoms. The van der Waals surface area contributed by atoms with Gasteiger partial charge < -0.3 is 19.8 Å². The van der Waals surface area contributed by atoms with Gasteiger partial charge >= 0.3 is 16.8 Å². The molecule has 0 spiro atoms. The Balaban J connectivity index is -0.000000372. The van der Waals surface area contributed by atoms with E-state index < -0.39 is 22.8 Å². The van der Waals surface area contributed by atoms with Crippen LogP contribution in [0.15, 0.2) is 0 Å². The summed E-state index contributed by atoms with van der Waals surface area (Å²) in [5.74, 6) is -1.86. The summed E-state index contributed by atoms with van der Waals surface area (Å²) >= 11 is 0. The Morgan fingerprint density at radius 3 is 1.12 bits per heavy atom. The Kier molecular flexibility index (Phi) is 18.3. The molecular formula is C20H38CoO4. The maximum Gasteiger partial charge on any atom is 2.00 e. The van der Waals surface area contributed by atoms with Crippen LogP contribution in [0.5, 0.6) is 0 Å². The normalized spacial score (nSPS) is 11.1. The Bertz CT molecular complexity index is 318. The first kappa shape index (κ1) is 29.2. The second-order valence-corrected chi connectivity index (χ2v) is 7.96. The fraction of sp³-hybridized carbons (Fsp3) is 0.900. The summed E-state index contributed by atoms with van der Waals surface area (Å²) < 4.78 is 0. The average Bonchev–Trinajstić information content (AvgIpc) is 2.48. The van der Waals surface area contributed by atoms with E-state index in [0.29, 0.717) is 0 Å². The van der Waals surface area contributed by atoms with Crippen molar-refractivity contribution in [2.45, 2.75) is 106 Å². The summed E-state index contributed by atoms with van der Waals surface area (Å²) in [6.07, 6.45) is 10.5. The molecule has 0 aliphatic heterocycles. The third-order valence-electron chi connectivity index (χ3n) is 4.42. The molecule has 0 aromatic carbocycles. The first-order valence-corrected chi connectivity index (χ1v) is 9.44. The molecule has 4 nitrogen and oxygen atoms in total. The molecule has 0 aliphatic rings. The monoisotopic (exact) mass is 401 g/mol. The summed E-state index contributed by atoms with van der Waals surface area (Å²) in [6, 6.07) is 0. The van der Waals surface area contributed by atoms with Gasteiger partial charge in [0, 0.05) is 22.8 Å². The van der Waals surface area contributed by atoms with Crippen LogP contribution in [0.3, 0.4) is 0 Å². The van der Waals surface area contributed by atoms with E-state index in [2.05, 4.69) is 13.8 Å². The van der Waals surface area contributed by atoms with Crippen molar-refractivity contribution in [3.8, 4) is 0 Å². The molecule has 1 radical (unpaired) electrons. The summed E-state index contributed by atoms with van der Waals surface area (Å²) in [5, 5.41) is 21.1. The van der Waals surface area contributed by atoms with Crippen LogP contribution < -0.4 is 10.2 Å². The fourth-order valence-electron chi connectivity index (χ4n) is 2.19. The van der Waals surface area contributed by atoms with Gasteiger partial charge in [-0.15, -0.1) is 0 Å². The van der Waals surface area contributed by atoms with Crippen LogP contribution in [0.1, 0.15) is 106 Å². The topological polar surface area (TPSA) is 80.3 Å². The SMILES string of the molecule is CCCCCCC(C)(C)C(=O)[O-].CCCCCCC(C)(C)C(=O)[O-].[Co+2]. The molecule has 0 aromatic heterocycles. The van der Waals surface area contributed by atoms with E-state index in [1.807, 2.05) is 0 Å². The second-order valence-electron chi connectivity index (χ2n) is 7.96. The molecule has 0 N–H and O–H groups in total. The zero-order valence-electron chi connectivity index (χ0n) is 17.0. The summed E-state index contributed by atoms with van der Waals surface area (Å²) in [5.41, 5.74) is -1.29. The Labute approximate surface area is 165 Å². The van der Waals surface area contributed by atoms with E-state index in [0.717, 1.165) is 38.5 Å². The average molecular weight is 401 g/mol. The molecule has 5 heteroatoms. The largest absolute Gasteiger partial charge is 2.00 e. The minimum absolute atomic E-state index is 0. The fourth-order valence-corrected chi connectivity index (χ4v) is 2.19. The second kappa shape index (κ2) is 15.7. The number of carbonyl (C=O) groups excluding carboxylic acids is 2. The van der Waals surface area contributed by atoms with Crippen molar-refractivity contribution in [3.05, 3.63) is 0 Å². The minimum atomic E-state index is -0.931. The number of carbonyl (C=O) groups is 2. The van der Waals surface area contributed by atoms with Gasteiger partial charge in [-0.25, -0.2) is 0 Å². The zero-order valence-corrected chi connectivity index (χ0v) is 18.1. The van der Waals surface area contributed by atoms with Crippen molar-refractivity contribution in [2.75, 3.05) is 0 Å². The molecule has 0 aliphatic carbocycles. The minimum Gasteiger partial charge on any atom is -0.550 e. The number of carboxylic acid groups (broad SMARTS) is 2. The molecule has 0 bridgehead atoms. The van der Waals surface area contributed by atoms with Gasteiger partial charge in [-0.1, -0.05) is 92.9 Å². The van der Waals surface area contributed by atoms with Crippen LogP contribution in [-0.4, -0.2) is 11.9 Å². The van der Waals surface area contributed by atoms with Crippen molar-refractivity contribution in [3.63, 3.8) is 0 Å². The van der Waals surface area contributed by atoms with E-state index in [-0.39, 0.29) is 16.8 Å². The van der Waals surface area contributed by atoms with Gasteiger partial charge in [-0.2, -0.15) is 0 Å². The van der Waals surface area contributed by atoms with Gasteiger partial charge in [0.25, 0.3) is 0 Å². The van der Waals surface area contributed by atoms with Crippen LogP contribution in [0.4, 0.5) is 0 Å².